The lowest BCUT2D eigenvalue weighted by Gasteiger charge is -2.28. The fourth-order valence-corrected chi connectivity index (χ4v) is 6.72. The van der Waals surface area contributed by atoms with Crippen LogP contribution < -0.4 is 5.73 Å². The van der Waals surface area contributed by atoms with Gasteiger partial charge in [-0.2, -0.15) is 0 Å². The van der Waals surface area contributed by atoms with Gasteiger partial charge in [0.15, 0.2) is 0 Å². The van der Waals surface area contributed by atoms with E-state index in [0.717, 1.165) is 37.9 Å². The summed E-state index contributed by atoms with van der Waals surface area (Å²) in [6.45, 7) is 6.72. The van der Waals surface area contributed by atoms with Crippen molar-refractivity contribution in [3.63, 3.8) is 0 Å². The standard InChI is InChI=1S/C40H77N3O/c1-4-7-9-11-13-15-17-19-21-22-24-26-28-30-32-34-38(44)43-37-36-42-39(43)40(41,6-3)35-33-31-29-27-25-23-20-18-16-14-12-10-8-5-2/h36-37H,4-35,41H2,1-3H3. The van der Waals surface area contributed by atoms with Crippen LogP contribution in [0.2, 0.25) is 0 Å². The first-order chi connectivity index (χ1) is 21.6. The van der Waals surface area contributed by atoms with E-state index in [4.69, 9.17) is 5.73 Å². The summed E-state index contributed by atoms with van der Waals surface area (Å²) in [5, 5.41) is 0. The van der Waals surface area contributed by atoms with Crippen LogP contribution in [0.3, 0.4) is 0 Å². The van der Waals surface area contributed by atoms with Crippen LogP contribution >= 0.6 is 0 Å². The zero-order chi connectivity index (χ0) is 32.0. The maximum Gasteiger partial charge on any atom is 0.232 e. The summed E-state index contributed by atoms with van der Waals surface area (Å²) in [6, 6.07) is 0. The van der Waals surface area contributed by atoms with Gasteiger partial charge >= 0.3 is 0 Å². The largest absolute Gasteiger partial charge is 0.319 e. The first-order valence-electron chi connectivity index (χ1n) is 19.9. The molecule has 0 amide bonds. The Labute approximate surface area is 275 Å². The van der Waals surface area contributed by atoms with E-state index in [1.165, 1.54) is 167 Å². The van der Waals surface area contributed by atoms with E-state index < -0.39 is 5.54 Å². The molecule has 258 valence electrons. The Morgan fingerprint density at radius 2 is 0.909 bits per heavy atom. The topological polar surface area (TPSA) is 60.9 Å². The molecule has 0 spiro atoms. The van der Waals surface area contributed by atoms with Gasteiger partial charge in [0.2, 0.25) is 5.91 Å². The number of carbonyl (C=O) groups is 1. The van der Waals surface area contributed by atoms with Crippen LogP contribution in [0.4, 0.5) is 0 Å². The molecule has 1 rings (SSSR count). The minimum atomic E-state index is -0.509. The summed E-state index contributed by atoms with van der Waals surface area (Å²) in [7, 11) is 0. The van der Waals surface area contributed by atoms with Crippen LogP contribution in [0.5, 0.6) is 0 Å². The maximum absolute atomic E-state index is 13.1. The van der Waals surface area contributed by atoms with Crippen LogP contribution in [0, 0.1) is 0 Å². The zero-order valence-electron chi connectivity index (χ0n) is 30.2. The van der Waals surface area contributed by atoms with Gasteiger partial charge in [-0.15, -0.1) is 0 Å². The minimum absolute atomic E-state index is 0.163. The van der Waals surface area contributed by atoms with Gasteiger partial charge in [0, 0.05) is 18.8 Å². The third-order valence-corrected chi connectivity index (χ3v) is 9.96. The highest BCUT2D eigenvalue weighted by atomic mass is 16.2. The fourth-order valence-electron chi connectivity index (χ4n) is 6.72. The van der Waals surface area contributed by atoms with Crippen LogP contribution in [0.25, 0.3) is 0 Å². The van der Waals surface area contributed by atoms with Crippen molar-refractivity contribution in [1.29, 1.82) is 0 Å². The number of imidazole rings is 1. The van der Waals surface area contributed by atoms with Gasteiger partial charge < -0.3 is 5.73 Å². The molecule has 4 nitrogen and oxygen atoms in total. The molecule has 0 saturated carbocycles. The second-order valence-electron chi connectivity index (χ2n) is 14.1. The predicted molar refractivity (Wildman–Crippen MR) is 193 cm³/mol. The monoisotopic (exact) mass is 616 g/mol. The molecule has 1 aromatic heterocycles. The van der Waals surface area contributed by atoms with Gasteiger partial charge in [0.05, 0.1) is 5.54 Å². The van der Waals surface area contributed by atoms with Crippen molar-refractivity contribution >= 4 is 5.91 Å². The van der Waals surface area contributed by atoms with Gasteiger partial charge in [0.25, 0.3) is 0 Å². The molecule has 44 heavy (non-hydrogen) atoms. The van der Waals surface area contributed by atoms with Crippen LogP contribution in [0.15, 0.2) is 12.4 Å². The van der Waals surface area contributed by atoms with Crippen molar-refractivity contribution < 1.29 is 4.79 Å². The highest BCUT2D eigenvalue weighted by Crippen LogP contribution is 2.28. The lowest BCUT2D eigenvalue weighted by atomic mass is 9.89. The van der Waals surface area contributed by atoms with Crippen LogP contribution in [-0.4, -0.2) is 15.5 Å². The summed E-state index contributed by atoms with van der Waals surface area (Å²) < 4.78 is 1.77. The molecule has 1 aromatic rings. The second-order valence-corrected chi connectivity index (χ2v) is 14.1. The third kappa shape index (κ3) is 20.8. The summed E-state index contributed by atoms with van der Waals surface area (Å²) in [6.07, 6.45) is 45.1. The fraction of sp³-hybridized carbons (Fsp3) is 0.900. The molecular weight excluding hydrogens is 538 g/mol. The number of aromatic nitrogens is 2. The van der Waals surface area contributed by atoms with Crippen molar-refractivity contribution in [1.82, 2.24) is 9.55 Å². The lowest BCUT2D eigenvalue weighted by Crippen LogP contribution is -2.40. The second kappa shape index (κ2) is 29.3. The maximum atomic E-state index is 13.1. The van der Waals surface area contributed by atoms with Crippen molar-refractivity contribution in [3.8, 4) is 0 Å². The molecule has 4 heteroatoms. The molecular formula is C40H77N3O. The van der Waals surface area contributed by atoms with E-state index in [0.29, 0.717) is 6.42 Å². The van der Waals surface area contributed by atoms with E-state index in [1.54, 1.807) is 10.8 Å². The normalized spacial score (nSPS) is 13.0. The van der Waals surface area contributed by atoms with Crippen molar-refractivity contribution in [2.75, 3.05) is 0 Å². The molecule has 1 unspecified atom stereocenters. The Hall–Kier alpha value is -1.16. The first-order valence-corrected chi connectivity index (χ1v) is 19.9. The molecule has 0 saturated heterocycles. The summed E-state index contributed by atoms with van der Waals surface area (Å²) in [4.78, 5) is 17.7. The van der Waals surface area contributed by atoms with E-state index in [1.807, 2.05) is 6.20 Å². The van der Waals surface area contributed by atoms with Crippen molar-refractivity contribution in [2.45, 2.75) is 232 Å². The minimum Gasteiger partial charge on any atom is -0.319 e. The Balaban J connectivity index is 2.11. The van der Waals surface area contributed by atoms with Crippen LogP contribution in [-0.2, 0) is 5.54 Å². The summed E-state index contributed by atoms with van der Waals surface area (Å²) >= 11 is 0. The van der Waals surface area contributed by atoms with Gasteiger partial charge in [-0.3, -0.25) is 9.36 Å². The number of carbonyl (C=O) groups excluding carboxylic acids is 1. The highest BCUT2D eigenvalue weighted by molar-refractivity contribution is 5.79. The number of hydrogen-bond acceptors (Lipinski definition) is 3. The highest BCUT2D eigenvalue weighted by Gasteiger charge is 2.31. The summed E-state index contributed by atoms with van der Waals surface area (Å²) in [5.74, 6) is 0.942. The molecule has 1 atom stereocenters. The lowest BCUT2D eigenvalue weighted by molar-refractivity contribution is 0.0887. The molecule has 0 bridgehead atoms. The average Bonchev–Trinajstić information content (AvgIpc) is 3.54. The Kier molecular flexibility index (Phi) is 27.2. The number of rotatable bonds is 33. The van der Waals surface area contributed by atoms with Crippen molar-refractivity contribution in [2.24, 2.45) is 5.73 Å². The van der Waals surface area contributed by atoms with Gasteiger partial charge in [-0.05, 0) is 19.3 Å². The Bertz CT molecular complexity index is 760. The van der Waals surface area contributed by atoms with Crippen LogP contribution in [0.1, 0.15) is 237 Å². The van der Waals surface area contributed by atoms with Gasteiger partial charge in [0.1, 0.15) is 5.82 Å². The molecule has 2 N–H and O–H groups in total. The first kappa shape index (κ1) is 40.9. The van der Waals surface area contributed by atoms with Gasteiger partial charge in [-0.25, -0.2) is 4.98 Å². The van der Waals surface area contributed by atoms with Gasteiger partial charge in [-0.1, -0.05) is 201 Å². The quantitative estimate of drug-likeness (QED) is 0.0800. The molecule has 0 aliphatic carbocycles. The van der Waals surface area contributed by atoms with E-state index >= 15 is 0 Å². The number of hydrogen-bond donors (Lipinski definition) is 1. The molecule has 0 aliphatic rings. The molecule has 0 radical (unpaired) electrons. The molecule has 0 fully saturated rings. The smallest absolute Gasteiger partial charge is 0.232 e. The average molecular weight is 616 g/mol. The molecule has 1 heterocycles. The molecule has 0 aromatic carbocycles. The summed E-state index contributed by atoms with van der Waals surface area (Å²) in [5.41, 5.74) is 6.39. The number of nitrogens with two attached hydrogens (primary N) is 1. The molecule has 0 aliphatic heterocycles. The number of nitrogens with zero attached hydrogens (tertiary/aromatic N) is 2. The SMILES string of the molecule is CCCCCCCCCCCCCCCCCC(=O)n1ccnc1C(N)(CC)CCCCCCCCCCCCCCCC. The zero-order valence-corrected chi connectivity index (χ0v) is 30.2. The van der Waals surface area contributed by atoms with E-state index in [2.05, 4.69) is 25.8 Å². The van der Waals surface area contributed by atoms with E-state index in [9.17, 15) is 4.79 Å². The Morgan fingerprint density at radius 1 is 0.568 bits per heavy atom. The predicted octanol–water partition coefficient (Wildman–Crippen LogP) is 13.2. The van der Waals surface area contributed by atoms with Crippen molar-refractivity contribution in [3.05, 3.63) is 18.2 Å². The number of unbranched alkanes of at least 4 members (excludes halogenated alkanes) is 27. The third-order valence-electron chi connectivity index (χ3n) is 9.96. The Morgan fingerprint density at radius 3 is 1.27 bits per heavy atom. The van der Waals surface area contributed by atoms with E-state index in [-0.39, 0.29) is 5.91 Å².